The van der Waals surface area contributed by atoms with Gasteiger partial charge in [0.05, 0.1) is 0 Å². The normalized spacial score (nSPS) is 10.1. The van der Waals surface area contributed by atoms with Crippen molar-refractivity contribution in [2.45, 2.75) is 6.42 Å². The number of hydrogen-bond donors (Lipinski definition) is 3. The lowest BCUT2D eigenvalue weighted by Crippen LogP contribution is -2.27. The molecule has 2 aromatic heterocycles. The highest BCUT2D eigenvalue weighted by Crippen LogP contribution is 1.90. The molecule has 0 atom stereocenters. The Kier molecular flexibility index (Phi) is 3.24. The highest BCUT2D eigenvalue weighted by atomic mass is 16.2. The molecule has 0 spiro atoms. The summed E-state index contributed by atoms with van der Waals surface area (Å²) < 4.78 is 0. The Bertz CT molecular complexity index is 526. The fourth-order valence-electron chi connectivity index (χ4n) is 1.21. The van der Waals surface area contributed by atoms with E-state index in [1.165, 1.54) is 18.5 Å². The molecule has 0 fully saturated rings. The summed E-state index contributed by atoms with van der Waals surface area (Å²) in [5, 5.41) is 14.8. The number of aromatic amines is 2. The van der Waals surface area contributed by atoms with Crippen molar-refractivity contribution in [3.63, 3.8) is 0 Å². The second-order valence-electron chi connectivity index (χ2n) is 3.24. The van der Waals surface area contributed by atoms with E-state index in [0.717, 1.165) is 0 Å². The summed E-state index contributed by atoms with van der Waals surface area (Å²) in [7, 11) is 0. The van der Waals surface area contributed by atoms with Crippen LogP contribution in [0.4, 0.5) is 0 Å². The maximum absolute atomic E-state index is 11.5. The second-order valence-corrected chi connectivity index (χ2v) is 3.24. The summed E-state index contributed by atoms with van der Waals surface area (Å²) in [5.41, 5.74) is -0.176. The summed E-state index contributed by atoms with van der Waals surface area (Å²) in [6.07, 6.45) is 1.95. The first-order valence-corrected chi connectivity index (χ1v) is 4.94. The maximum atomic E-state index is 11.5. The number of nitrogens with zero attached hydrogens (tertiary/aromatic N) is 3. The number of carbonyl (C=O) groups is 1. The van der Waals surface area contributed by atoms with Crippen LogP contribution in [0.15, 0.2) is 23.3 Å². The summed E-state index contributed by atoms with van der Waals surface area (Å²) in [4.78, 5) is 26.2. The minimum atomic E-state index is -0.347. The zero-order valence-electron chi connectivity index (χ0n) is 8.80. The van der Waals surface area contributed by atoms with Gasteiger partial charge in [-0.25, -0.2) is 10.1 Å². The fraction of sp³-hybridized carbons (Fsp3) is 0.222. The summed E-state index contributed by atoms with van der Waals surface area (Å²) in [5.74, 6) is 0.348. The minimum absolute atomic E-state index is 0.169. The average Bonchev–Trinajstić information content (AvgIpc) is 2.83. The number of amides is 1. The lowest BCUT2D eigenvalue weighted by atomic mass is 10.3. The predicted octanol–water partition coefficient (Wildman–Crippen LogP) is -1.14. The molecule has 0 aliphatic heterocycles. The fourth-order valence-corrected chi connectivity index (χ4v) is 1.21. The molecule has 2 heterocycles. The van der Waals surface area contributed by atoms with Crippen LogP contribution in [0.1, 0.15) is 16.3 Å². The number of nitrogens with one attached hydrogen (secondary N) is 3. The second kappa shape index (κ2) is 5.01. The Labute approximate surface area is 95.5 Å². The first-order valence-electron chi connectivity index (χ1n) is 4.94. The van der Waals surface area contributed by atoms with E-state index >= 15 is 0 Å². The van der Waals surface area contributed by atoms with Crippen LogP contribution in [0.3, 0.4) is 0 Å². The van der Waals surface area contributed by atoms with Crippen molar-refractivity contribution in [2.24, 2.45) is 0 Å². The predicted molar refractivity (Wildman–Crippen MR) is 57.3 cm³/mol. The molecule has 2 rings (SSSR count). The van der Waals surface area contributed by atoms with Gasteiger partial charge in [0.2, 0.25) is 0 Å². The molecule has 0 saturated heterocycles. The molecule has 3 N–H and O–H groups in total. The van der Waals surface area contributed by atoms with Gasteiger partial charge in [-0.3, -0.25) is 14.7 Å². The minimum Gasteiger partial charge on any atom is -0.350 e. The molecule has 0 bridgehead atoms. The molecule has 8 heteroatoms. The Hall–Kier alpha value is -2.51. The molecule has 0 aliphatic carbocycles. The highest BCUT2D eigenvalue weighted by molar-refractivity contribution is 5.91. The van der Waals surface area contributed by atoms with Crippen LogP contribution < -0.4 is 10.9 Å². The smallest absolute Gasteiger partial charge is 0.271 e. The standard InChI is InChI=1S/C9H10N6O2/c16-8-2-1-6(13-15-8)9(17)10-4-3-7-11-5-12-14-7/h1-2,5H,3-4H2,(H,10,17)(H,15,16)(H,11,12,14). The van der Waals surface area contributed by atoms with E-state index < -0.39 is 0 Å². The topological polar surface area (TPSA) is 116 Å². The van der Waals surface area contributed by atoms with Gasteiger partial charge >= 0.3 is 0 Å². The van der Waals surface area contributed by atoms with E-state index in [9.17, 15) is 9.59 Å². The Morgan fingerprint density at radius 3 is 2.88 bits per heavy atom. The SMILES string of the molecule is O=C(NCCc1ncn[nH]1)c1ccc(=O)[nH]n1. The molecule has 2 aromatic rings. The molecule has 0 aromatic carbocycles. The van der Waals surface area contributed by atoms with Crippen LogP contribution >= 0.6 is 0 Å². The first kappa shape index (κ1) is 11.0. The quantitative estimate of drug-likeness (QED) is 0.618. The van der Waals surface area contributed by atoms with Gasteiger partial charge in [-0.2, -0.15) is 10.2 Å². The van der Waals surface area contributed by atoms with E-state index in [1.54, 1.807) is 0 Å². The molecule has 1 amide bonds. The highest BCUT2D eigenvalue weighted by Gasteiger charge is 2.06. The third-order valence-corrected chi connectivity index (χ3v) is 2.02. The van der Waals surface area contributed by atoms with Crippen LogP contribution in [0.5, 0.6) is 0 Å². The van der Waals surface area contributed by atoms with E-state index in [4.69, 9.17) is 0 Å². The summed E-state index contributed by atoms with van der Waals surface area (Å²) >= 11 is 0. The average molecular weight is 234 g/mol. The molecule has 0 radical (unpaired) electrons. The number of hydrogen-bond acceptors (Lipinski definition) is 5. The van der Waals surface area contributed by atoms with Gasteiger partial charge in [0.1, 0.15) is 17.8 Å². The van der Waals surface area contributed by atoms with Gasteiger partial charge in [-0.1, -0.05) is 0 Å². The van der Waals surface area contributed by atoms with Crippen molar-refractivity contribution in [3.8, 4) is 0 Å². The van der Waals surface area contributed by atoms with E-state index in [1.807, 2.05) is 0 Å². The monoisotopic (exact) mass is 234 g/mol. The van der Waals surface area contributed by atoms with E-state index in [2.05, 4.69) is 30.7 Å². The summed E-state index contributed by atoms with van der Waals surface area (Å²) in [6.45, 7) is 0.412. The Balaban J connectivity index is 1.85. The lowest BCUT2D eigenvalue weighted by molar-refractivity contribution is 0.0948. The van der Waals surface area contributed by atoms with E-state index in [0.29, 0.717) is 18.8 Å². The molecule has 88 valence electrons. The largest absolute Gasteiger partial charge is 0.350 e. The third-order valence-electron chi connectivity index (χ3n) is 2.02. The van der Waals surface area contributed by atoms with Gasteiger partial charge in [0.15, 0.2) is 0 Å². The van der Waals surface area contributed by atoms with Crippen molar-refractivity contribution in [1.82, 2.24) is 30.7 Å². The van der Waals surface area contributed by atoms with Crippen molar-refractivity contribution in [2.75, 3.05) is 6.54 Å². The van der Waals surface area contributed by atoms with Crippen molar-refractivity contribution in [3.05, 3.63) is 40.3 Å². The van der Waals surface area contributed by atoms with Gasteiger partial charge in [0.25, 0.3) is 11.5 Å². The lowest BCUT2D eigenvalue weighted by Gasteiger charge is -2.01. The van der Waals surface area contributed by atoms with Gasteiger partial charge < -0.3 is 5.32 Å². The van der Waals surface area contributed by atoms with E-state index in [-0.39, 0.29) is 17.2 Å². The van der Waals surface area contributed by atoms with Gasteiger partial charge in [-0.05, 0) is 6.07 Å². The molecular weight excluding hydrogens is 224 g/mol. The van der Waals surface area contributed by atoms with Crippen LogP contribution in [0.2, 0.25) is 0 Å². The molecule has 0 unspecified atom stereocenters. The number of H-pyrrole nitrogens is 2. The van der Waals surface area contributed by atoms with Crippen LogP contribution in [0.25, 0.3) is 0 Å². The molecule has 0 saturated carbocycles. The number of aromatic nitrogens is 5. The first-order chi connectivity index (χ1) is 8.25. The summed E-state index contributed by atoms with van der Waals surface area (Å²) in [6, 6.07) is 2.61. The molecular formula is C9H10N6O2. The zero-order chi connectivity index (χ0) is 12.1. The van der Waals surface area contributed by atoms with Crippen LogP contribution in [0, 0.1) is 0 Å². The van der Waals surface area contributed by atoms with Crippen molar-refractivity contribution in [1.29, 1.82) is 0 Å². The van der Waals surface area contributed by atoms with Crippen molar-refractivity contribution >= 4 is 5.91 Å². The van der Waals surface area contributed by atoms with Crippen LogP contribution in [-0.4, -0.2) is 37.8 Å². The number of carbonyl (C=O) groups excluding carboxylic acids is 1. The third kappa shape index (κ3) is 2.97. The molecule has 0 aliphatic rings. The van der Waals surface area contributed by atoms with Crippen LogP contribution in [-0.2, 0) is 6.42 Å². The molecule has 17 heavy (non-hydrogen) atoms. The molecule has 8 nitrogen and oxygen atoms in total. The maximum Gasteiger partial charge on any atom is 0.271 e. The van der Waals surface area contributed by atoms with Crippen molar-refractivity contribution < 1.29 is 4.79 Å². The van der Waals surface area contributed by atoms with Gasteiger partial charge in [0, 0.05) is 19.0 Å². The Morgan fingerprint density at radius 2 is 2.24 bits per heavy atom. The zero-order valence-corrected chi connectivity index (χ0v) is 8.80. The van der Waals surface area contributed by atoms with Gasteiger partial charge in [-0.15, -0.1) is 0 Å². The Morgan fingerprint density at radius 1 is 1.35 bits per heavy atom. The number of rotatable bonds is 4.